The quantitative estimate of drug-likeness (QED) is 0.453. The molecule has 35 heavy (non-hydrogen) atoms. The molecular weight excluding hydrogens is 456 g/mol. The lowest BCUT2D eigenvalue weighted by molar-refractivity contribution is 0.102. The molecule has 1 saturated heterocycles. The van der Waals surface area contributed by atoms with Crippen molar-refractivity contribution in [1.29, 1.82) is 0 Å². The van der Waals surface area contributed by atoms with Crippen molar-refractivity contribution < 1.29 is 18.1 Å². The second kappa shape index (κ2) is 8.42. The number of carbonyl (C=O) groups is 1. The van der Waals surface area contributed by atoms with Crippen molar-refractivity contribution in [2.45, 2.75) is 25.4 Å². The van der Waals surface area contributed by atoms with Crippen molar-refractivity contribution in [2.75, 3.05) is 36.4 Å². The van der Waals surface area contributed by atoms with Gasteiger partial charge in [-0.3, -0.25) is 9.20 Å². The smallest absolute Gasteiger partial charge is 0.274 e. The largest absolute Gasteiger partial charge is 0.368 e. The van der Waals surface area contributed by atoms with Crippen LogP contribution in [0.5, 0.6) is 0 Å². The summed E-state index contributed by atoms with van der Waals surface area (Å²) in [5.41, 5.74) is 2.83. The highest BCUT2D eigenvalue weighted by atomic mass is 19.1. The summed E-state index contributed by atoms with van der Waals surface area (Å²) in [5, 5.41) is 9.98. The van der Waals surface area contributed by atoms with Crippen molar-refractivity contribution >= 4 is 22.9 Å². The van der Waals surface area contributed by atoms with Crippen molar-refractivity contribution in [2.24, 2.45) is 0 Å². The third-order valence-electron chi connectivity index (χ3n) is 6.53. The van der Waals surface area contributed by atoms with Crippen molar-refractivity contribution in [3.05, 3.63) is 59.6 Å². The first-order valence-electron chi connectivity index (χ1n) is 11.5. The molecule has 2 atom stereocenters. The van der Waals surface area contributed by atoms with Crippen LogP contribution in [0.1, 0.15) is 34.3 Å². The lowest BCUT2D eigenvalue weighted by Crippen LogP contribution is -2.43. The second-order valence-electron chi connectivity index (χ2n) is 8.90. The molecule has 2 fully saturated rings. The molecule has 0 bridgehead atoms. The number of nitrogens with zero attached hydrogens (tertiary/aromatic N) is 5. The van der Waals surface area contributed by atoms with Crippen LogP contribution in [0.4, 0.5) is 20.2 Å². The van der Waals surface area contributed by atoms with Gasteiger partial charge in [0.15, 0.2) is 0 Å². The number of amides is 1. The van der Waals surface area contributed by atoms with Crippen LogP contribution in [0.15, 0.2) is 41.2 Å². The Kier molecular flexibility index (Phi) is 5.21. The number of fused-ring (bicyclic) bond motifs is 1. The normalized spacial score (nSPS) is 19.8. The fourth-order valence-corrected chi connectivity index (χ4v) is 4.29. The molecule has 0 spiro atoms. The Labute approximate surface area is 199 Å². The first kappa shape index (κ1) is 21.7. The van der Waals surface area contributed by atoms with Gasteiger partial charge in [0.05, 0.1) is 17.8 Å². The van der Waals surface area contributed by atoms with E-state index >= 15 is 0 Å². The Bertz CT molecular complexity index is 1430. The van der Waals surface area contributed by atoms with Crippen LogP contribution < -0.4 is 15.5 Å². The summed E-state index contributed by atoms with van der Waals surface area (Å²) in [6, 6.07) is 6.72. The molecule has 4 aromatic rings. The minimum atomic E-state index is -0.981. The van der Waals surface area contributed by atoms with Gasteiger partial charge in [0.2, 0.25) is 11.7 Å². The molecule has 11 heteroatoms. The van der Waals surface area contributed by atoms with Crippen molar-refractivity contribution in [3.8, 4) is 11.4 Å². The van der Waals surface area contributed by atoms with Gasteiger partial charge in [-0.2, -0.15) is 4.98 Å². The first-order chi connectivity index (χ1) is 17.0. The molecule has 4 heterocycles. The van der Waals surface area contributed by atoms with E-state index in [2.05, 4.69) is 30.7 Å². The van der Waals surface area contributed by atoms with Gasteiger partial charge in [-0.05, 0) is 37.6 Å². The molecule has 1 saturated carbocycles. The number of anilines is 2. The summed E-state index contributed by atoms with van der Waals surface area (Å²) in [4.78, 5) is 24.0. The Morgan fingerprint density at radius 1 is 1.26 bits per heavy atom. The van der Waals surface area contributed by atoms with E-state index in [1.807, 2.05) is 18.3 Å². The zero-order valence-electron chi connectivity index (χ0n) is 19.0. The highest BCUT2D eigenvalue weighted by Gasteiger charge is 2.43. The monoisotopic (exact) mass is 479 g/mol. The topological polar surface area (TPSA) is 101 Å². The predicted octanol–water partition coefficient (Wildman–Crippen LogP) is 3.32. The molecule has 6 rings (SSSR count). The van der Waals surface area contributed by atoms with Gasteiger partial charge in [0.25, 0.3) is 5.91 Å². The number of carbonyl (C=O) groups excluding carboxylic acids is 1. The maximum absolute atomic E-state index is 14.7. The Balaban J connectivity index is 1.29. The summed E-state index contributed by atoms with van der Waals surface area (Å²) in [7, 11) is 0. The lowest BCUT2D eigenvalue weighted by Gasteiger charge is -2.29. The molecule has 180 valence electrons. The van der Waals surface area contributed by atoms with Gasteiger partial charge in [0, 0.05) is 49.2 Å². The summed E-state index contributed by atoms with van der Waals surface area (Å²) < 4.78 is 34.9. The number of rotatable bonds is 5. The number of aromatic nitrogens is 4. The Morgan fingerprint density at radius 3 is 2.83 bits per heavy atom. The van der Waals surface area contributed by atoms with E-state index in [1.54, 1.807) is 17.4 Å². The number of benzene rings is 1. The summed E-state index contributed by atoms with van der Waals surface area (Å²) in [6.07, 6.45) is 2.76. The summed E-state index contributed by atoms with van der Waals surface area (Å²) in [6.45, 7) is 5.11. The predicted molar refractivity (Wildman–Crippen MR) is 125 cm³/mol. The van der Waals surface area contributed by atoms with Gasteiger partial charge in [-0.1, -0.05) is 5.16 Å². The van der Waals surface area contributed by atoms with Crippen LogP contribution in [-0.4, -0.2) is 57.8 Å². The number of imidazole rings is 1. The fourth-order valence-electron chi connectivity index (χ4n) is 4.29. The van der Waals surface area contributed by atoms with Crippen molar-refractivity contribution in [1.82, 2.24) is 24.8 Å². The molecule has 0 unspecified atom stereocenters. The Morgan fingerprint density at radius 2 is 2.06 bits per heavy atom. The van der Waals surface area contributed by atoms with Crippen LogP contribution in [0.3, 0.4) is 0 Å². The van der Waals surface area contributed by atoms with Gasteiger partial charge < -0.3 is 20.1 Å². The number of piperazine rings is 1. The van der Waals surface area contributed by atoms with E-state index in [0.717, 1.165) is 31.9 Å². The third-order valence-corrected chi connectivity index (χ3v) is 6.53. The number of hydrogen-bond donors (Lipinski definition) is 2. The van der Waals surface area contributed by atoms with Gasteiger partial charge in [-0.15, -0.1) is 0 Å². The van der Waals surface area contributed by atoms with Crippen LogP contribution in [-0.2, 0) is 0 Å². The van der Waals surface area contributed by atoms with E-state index < -0.39 is 23.8 Å². The highest BCUT2D eigenvalue weighted by molar-refractivity contribution is 6.04. The fraction of sp³-hybridized carbons (Fsp3) is 0.333. The molecule has 1 aliphatic carbocycles. The molecule has 0 radical (unpaired) electrons. The number of pyridine rings is 1. The van der Waals surface area contributed by atoms with Crippen LogP contribution in [0.2, 0.25) is 0 Å². The number of halogens is 2. The number of alkyl halides is 1. The Hall–Kier alpha value is -3.86. The van der Waals surface area contributed by atoms with Crippen LogP contribution >= 0.6 is 0 Å². The average Bonchev–Trinajstić information content (AvgIpc) is 3.25. The van der Waals surface area contributed by atoms with E-state index in [1.165, 1.54) is 12.3 Å². The lowest BCUT2D eigenvalue weighted by atomic mass is 10.1. The molecule has 9 nitrogen and oxygen atoms in total. The molecule has 3 aromatic heterocycles. The molecule has 1 amide bonds. The minimum absolute atomic E-state index is 0.143. The molecule has 2 N–H and O–H groups in total. The zero-order chi connectivity index (χ0) is 24.1. The van der Waals surface area contributed by atoms with E-state index in [0.29, 0.717) is 23.3 Å². The average molecular weight is 479 g/mol. The minimum Gasteiger partial charge on any atom is -0.368 e. The van der Waals surface area contributed by atoms with Gasteiger partial charge in [0.1, 0.15) is 23.3 Å². The zero-order valence-corrected chi connectivity index (χ0v) is 19.0. The molecular formula is C24H23F2N7O2. The summed E-state index contributed by atoms with van der Waals surface area (Å²) in [5.74, 6) is -1.01. The van der Waals surface area contributed by atoms with E-state index in [-0.39, 0.29) is 23.0 Å². The second-order valence-corrected chi connectivity index (χ2v) is 8.90. The van der Waals surface area contributed by atoms with Crippen LogP contribution in [0.25, 0.3) is 17.0 Å². The highest BCUT2D eigenvalue weighted by Crippen LogP contribution is 2.43. The third kappa shape index (κ3) is 4.01. The SMILES string of the molecule is Cc1c(F)cc(-c2noc([C@H]3C[C@@H]3F)n2)cc1NC(=O)c1cnc2ccc(N3CCNCC3)cn12. The number of nitrogens with one attached hydrogen (secondary N) is 2. The molecule has 2 aliphatic rings. The summed E-state index contributed by atoms with van der Waals surface area (Å²) >= 11 is 0. The van der Waals surface area contributed by atoms with Crippen molar-refractivity contribution in [3.63, 3.8) is 0 Å². The number of hydrogen-bond acceptors (Lipinski definition) is 7. The van der Waals surface area contributed by atoms with E-state index in [4.69, 9.17) is 4.52 Å². The molecule has 1 aliphatic heterocycles. The maximum atomic E-state index is 14.7. The van der Waals surface area contributed by atoms with Gasteiger partial charge >= 0.3 is 0 Å². The van der Waals surface area contributed by atoms with Crippen LogP contribution in [0, 0.1) is 12.7 Å². The van der Waals surface area contributed by atoms with E-state index in [9.17, 15) is 13.6 Å². The van der Waals surface area contributed by atoms with Gasteiger partial charge in [-0.25, -0.2) is 13.8 Å². The first-order valence-corrected chi connectivity index (χ1v) is 11.5. The maximum Gasteiger partial charge on any atom is 0.274 e. The standard InChI is InChI=1S/C24H23F2N7O2/c1-13-17(25)8-14(22-30-24(35-31-22)16-10-18(16)26)9-19(13)29-23(34)20-11-28-21-3-2-15(12-33(20)21)32-6-4-27-5-7-32/h2-3,8-9,11-12,16,18,27H,4-7,10H2,1H3,(H,29,34)/t16-,18-/m0/s1. The molecule has 1 aromatic carbocycles.